The van der Waals surface area contributed by atoms with E-state index >= 15 is 0 Å². The van der Waals surface area contributed by atoms with E-state index in [1.807, 2.05) is 20.8 Å². The van der Waals surface area contributed by atoms with E-state index in [0.717, 1.165) is 25.5 Å². The molecule has 2 aliphatic rings. The standard InChI is InChI=1S/C20H32N4O2S/c1-5-21-19(23-12-13-27(25,26)20(3,4)15-23)22-14-16(2)24-11-10-17-8-6-7-9-18(17)24/h6-9,16H,5,10-15H2,1-4H3,(H,21,22). The number of benzene rings is 1. The summed E-state index contributed by atoms with van der Waals surface area (Å²) in [5.74, 6) is 0.999. The summed E-state index contributed by atoms with van der Waals surface area (Å²) >= 11 is 0. The topological polar surface area (TPSA) is 65.0 Å². The summed E-state index contributed by atoms with van der Waals surface area (Å²) in [5.41, 5.74) is 2.72. The fraction of sp³-hybridized carbons (Fsp3) is 0.650. The predicted molar refractivity (Wildman–Crippen MR) is 112 cm³/mol. The molecule has 1 aromatic rings. The molecule has 2 heterocycles. The fourth-order valence-electron chi connectivity index (χ4n) is 3.89. The van der Waals surface area contributed by atoms with Gasteiger partial charge >= 0.3 is 0 Å². The van der Waals surface area contributed by atoms with Crippen LogP contribution >= 0.6 is 0 Å². The van der Waals surface area contributed by atoms with Crippen molar-refractivity contribution in [3.63, 3.8) is 0 Å². The van der Waals surface area contributed by atoms with E-state index in [4.69, 9.17) is 4.99 Å². The lowest BCUT2D eigenvalue weighted by molar-refractivity contribution is 0.353. The summed E-state index contributed by atoms with van der Waals surface area (Å²) in [5, 5.41) is 3.35. The molecule has 1 unspecified atom stereocenters. The molecule has 1 fully saturated rings. The number of para-hydroxylation sites is 1. The molecule has 0 bridgehead atoms. The molecule has 1 N–H and O–H groups in total. The lowest BCUT2D eigenvalue weighted by Gasteiger charge is -2.39. The number of sulfone groups is 1. The highest BCUT2D eigenvalue weighted by Crippen LogP contribution is 2.29. The van der Waals surface area contributed by atoms with Crippen LogP contribution < -0.4 is 10.2 Å². The molecule has 0 spiro atoms. The van der Waals surface area contributed by atoms with Crippen molar-refractivity contribution in [1.82, 2.24) is 10.2 Å². The Kier molecular flexibility index (Phi) is 5.70. The summed E-state index contributed by atoms with van der Waals surface area (Å²) in [4.78, 5) is 9.38. The van der Waals surface area contributed by atoms with Crippen LogP contribution in [0.25, 0.3) is 0 Å². The molecule has 27 heavy (non-hydrogen) atoms. The van der Waals surface area contributed by atoms with Gasteiger partial charge in [0.05, 0.1) is 17.0 Å². The number of nitrogens with zero attached hydrogens (tertiary/aromatic N) is 3. The first-order chi connectivity index (χ1) is 12.7. The number of hydrogen-bond donors (Lipinski definition) is 1. The molecule has 0 amide bonds. The van der Waals surface area contributed by atoms with Gasteiger partial charge in [-0.3, -0.25) is 4.99 Å². The Hall–Kier alpha value is -1.76. The van der Waals surface area contributed by atoms with Gasteiger partial charge in [-0.15, -0.1) is 0 Å². The zero-order valence-corrected chi connectivity index (χ0v) is 17.7. The molecule has 7 heteroatoms. The van der Waals surface area contributed by atoms with E-state index in [2.05, 4.69) is 46.3 Å². The van der Waals surface area contributed by atoms with Gasteiger partial charge in [-0.1, -0.05) is 18.2 Å². The number of hydrogen-bond acceptors (Lipinski definition) is 4. The number of fused-ring (bicyclic) bond motifs is 1. The molecule has 0 radical (unpaired) electrons. The maximum absolute atomic E-state index is 12.3. The zero-order chi connectivity index (χ0) is 19.7. The second-order valence-corrected chi connectivity index (χ2v) is 10.9. The Bertz CT molecular complexity index is 804. The summed E-state index contributed by atoms with van der Waals surface area (Å²) < 4.78 is 23.8. The molecular formula is C20H32N4O2S. The number of guanidine groups is 1. The van der Waals surface area contributed by atoms with E-state index < -0.39 is 14.6 Å². The highest BCUT2D eigenvalue weighted by atomic mass is 32.2. The van der Waals surface area contributed by atoms with Crippen molar-refractivity contribution in [2.45, 2.75) is 44.9 Å². The molecule has 0 aliphatic carbocycles. The highest BCUT2D eigenvalue weighted by Gasteiger charge is 2.41. The maximum atomic E-state index is 12.3. The zero-order valence-electron chi connectivity index (χ0n) is 16.9. The van der Waals surface area contributed by atoms with Gasteiger partial charge in [0.15, 0.2) is 15.8 Å². The largest absolute Gasteiger partial charge is 0.366 e. The Morgan fingerprint density at radius 3 is 2.74 bits per heavy atom. The van der Waals surface area contributed by atoms with E-state index in [1.54, 1.807) is 0 Å². The fourth-order valence-corrected chi connectivity index (χ4v) is 5.25. The molecule has 1 saturated heterocycles. The lowest BCUT2D eigenvalue weighted by atomic mass is 10.2. The highest BCUT2D eigenvalue weighted by molar-refractivity contribution is 7.92. The minimum absolute atomic E-state index is 0.180. The van der Waals surface area contributed by atoms with E-state index in [-0.39, 0.29) is 5.75 Å². The Morgan fingerprint density at radius 1 is 1.30 bits per heavy atom. The SMILES string of the molecule is CCNC(=NCC(C)N1CCc2ccccc21)N1CCS(=O)(=O)C(C)(C)C1. The van der Waals surface area contributed by atoms with Crippen LogP contribution in [0.15, 0.2) is 29.3 Å². The minimum atomic E-state index is -3.05. The van der Waals surface area contributed by atoms with Gasteiger partial charge in [-0.25, -0.2) is 8.42 Å². The van der Waals surface area contributed by atoms with E-state index in [9.17, 15) is 8.42 Å². The molecule has 1 aromatic carbocycles. The Morgan fingerprint density at radius 2 is 2.04 bits per heavy atom. The molecule has 150 valence electrons. The third kappa shape index (κ3) is 4.08. The van der Waals surface area contributed by atoms with Gasteiger partial charge in [0, 0.05) is 37.9 Å². The molecule has 3 rings (SSSR count). The van der Waals surface area contributed by atoms with E-state index in [0.29, 0.717) is 25.7 Å². The molecular weight excluding hydrogens is 360 g/mol. The first kappa shape index (κ1) is 20.0. The van der Waals surface area contributed by atoms with Crippen LogP contribution in [0, 0.1) is 0 Å². The van der Waals surface area contributed by atoms with Crippen molar-refractivity contribution < 1.29 is 8.42 Å². The lowest BCUT2D eigenvalue weighted by Crippen LogP contribution is -2.57. The smallest absolute Gasteiger partial charge is 0.194 e. The van der Waals surface area contributed by atoms with Gasteiger partial charge in [-0.2, -0.15) is 0 Å². The van der Waals surface area contributed by atoms with E-state index in [1.165, 1.54) is 11.3 Å². The van der Waals surface area contributed by atoms with Crippen LogP contribution in [0.3, 0.4) is 0 Å². The van der Waals surface area contributed by atoms with Crippen molar-refractivity contribution in [2.75, 3.05) is 43.4 Å². The van der Waals surface area contributed by atoms with Crippen molar-refractivity contribution in [3.8, 4) is 0 Å². The van der Waals surface area contributed by atoms with Crippen LogP contribution in [0.1, 0.15) is 33.3 Å². The van der Waals surface area contributed by atoms with Crippen molar-refractivity contribution in [1.29, 1.82) is 0 Å². The Balaban J connectivity index is 1.71. The van der Waals surface area contributed by atoms with Crippen molar-refractivity contribution in [3.05, 3.63) is 29.8 Å². The number of rotatable bonds is 4. The minimum Gasteiger partial charge on any atom is -0.366 e. The van der Waals surface area contributed by atoms with Gasteiger partial charge < -0.3 is 15.1 Å². The van der Waals surface area contributed by atoms with Crippen LogP contribution in [-0.2, 0) is 16.3 Å². The number of anilines is 1. The third-order valence-corrected chi connectivity index (χ3v) is 8.17. The molecule has 0 saturated carbocycles. The first-order valence-electron chi connectivity index (χ1n) is 9.85. The summed E-state index contributed by atoms with van der Waals surface area (Å²) in [7, 11) is -3.05. The van der Waals surface area contributed by atoms with Gasteiger partial charge in [0.25, 0.3) is 0 Å². The van der Waals surface area contributed by atoms with Crippen molar-refractivity contribution in [2.24, 2.45) is 4.99 Å². The average Bonchev–Trinajstić information content (AvgIpc) is 3.05. The van der Waals surface area contributed by atoms with Crippen LogP contribution in [0.2, 0.25) is 0 Å². The molecule has 6 nitrogen and oxygen atoms in total. The number of aliphatic imine (C=N–C) groups is 1. The molecule has 1 atom stereocenters. The Labute approximate surface area is 163 Å². The summed E-state index contributed by atoms with van der Waals surface area (Å²) in [6, 6.07) is 8.87. The van der Waals surface area contributed by atoms with Crippen molar-refractivity contribution >= 4 is 21.5 Å². The second-order valence-electron chi connectivity index (χ2n) is 8.12. The van der Waals surface area contributed by atoms with Gasteiger partial charge in [-0.05, 0) is 45.7 Å². The molecule has 2 aliphatic heterocycles. The second kappa shape index (κ2) is 7.70. The average molecular weight is 393 g/mol. The van der Waals surface area contributed by atoms with Crippen LogP contribution in [0.4, 0.5) is 5.69 Å². The van der Waals surface area contributed by atoms with Gasteiger partial charge in [0.1, 0.15) is 0 Å². The first-order valence-corrected chi connectivity index (χ1v) is 11.5. The monoisotopic (exact) mass is 392 g/mol. The summed E-state index contributed by atoms with van der Waals surface area (Å²) in [6.07, 6.45) is 1.09. The quantitative estimate of drug-likeness (QED) is 0.626. The number of nitrogens with one attached hydrogen (secondary N) is 1. The summed E-state index contributed by atoms with van der Waals surface area (Å²) in [6.45, 7) is 11.3. The van der Waals surface area contributed by atoms with Crippen LogP contribution in [-0.4, -0.2) is 68.5 Å². The van der Waals surface area contributed by atoms with Crippen LogP contribution in [0.5, 0.6) is 0 Å². The predicted octanol–water partition coefficient (Wildman–Crippen LogP) is 1.91. The molecule has 0 aromatic heterocycles. The maximum Gasteiger partial charge on any atom is 0.194 e. The van der Waals surface area contributed by atoms with Gasteiger partial charge in [0.2, 0.25) is 0 Å². The third-order valence-electron chi connectivity index (χ3n) is 5.64. The normalized spacial score (nSPS) is 22.4.